The third-order valence-corrected chi connectivity index (χ3v) is 12.3. The van der Waals surface area contributed by atoms with Gasteiger partial charge in [-0.05, 0) is 75.7 Å². The van der Waals surface area contributed by atoms with E-state index in [9.17, 15) is 19.5 Å². The van der Waals surface area contributed by atoms with Gasteiger partial charge in [-0.15, -0.1) is 0 Å². The minimum absolute atomic E-state index is 0.0197. The number of allylic oxidation sites excluding steroid dienone is 1. The van der Waals surface area contributed by atoms with E-state index in [0.29, 0.717) is 12.8 Å². The lowest BCUT2D eigenvalue weighted by atomic mass is 9.43. The smallest absolute Gasteiger partial charge is 0.341 e. The number of hydrogen-bond acceptors (Lipinski definition) is 7. The Balaban J connectivity index is 1.22. The van der Waals surface area contributed by atoms with Crippen LogP contribution in [0, 0.1) is 40.4 Å². The molecule has 0 spiro atoms. The van der Waals surface area contributed by atoms with Crippen LogP contribution in [-0.2, 0) is 28.6 Å². The van der Waals surface area contributed by atoms with Crippen LogP contribution >= 0.6 is 0 Å². The summed E-state index contributed by atoms with van der Waals surface area (Å²) in [6, 6.07) is 0. The average molecular weight is 485 g/mol. The maximum absolute atomic E-state index is 14.1. The Morgan fingerprint density at radius 2 is 1.83 bits per heavy atom. The van der Waals surface area contributed by atoms with Crippen LogP contribution in [0.25, 0.3) is 0 Å². The van der Waals surface area contributed by atoms with Gasteiger partial charge in [-0.1, -0.05) is 19.9 Å². The molecule has 7 nitrogen and oxygen atoms in total. The van der Waals surface area contributed by atoms with E-state index in [4.69, 9.17) is 14.2 Å². The zero-order valence-electron chi connectivity index (χ0n) is 21.2. The molecule has 3 aliphatic heterocycles. The largest absolute Gasteiger partial charge is 0.460 e. The van der Waals surface area contributed by atoms with Crippen molar-refractivity contribution in [3.8, 4) is 0 Å². The number of ether oxygens (including phenoxy) is 3. The quantitative estimate of drug-likeness (QED) is 0.475. The number of aliphatic hydroxyl groups is 1. The number of Topliss-reactive ketones (excluding diaryl/α,β-unsaturated/α-hetero) is 1. The first-order valence-corrected chi connectivity index (χ1v) is 13.4. The van der Waals surface area contributed by atoms with Crippen LogP contribution in [0.4, 0.5) is 0 Å². The summed E-state index contributed by atoms with van der Waals surface area (Å²) in [4.78, 5) is 40.0. The van der Waals surface area contributed by atoms with E-state index in [2.05, 4.69) is 13.8 Å². The second-order valence-corrected chi connectivity index (χ2v) is 13.4. The van der Waals surface area contributed by atoms with Gasteiger partial charge >= 0.3 is 5.97 Å². The van der Waals surface area contributed by atoms with Crippen LogP contribution in [-0.4, -0.2) is 57.8 Å². The van der Waals surface area contributed by atoms with E-state index < -0.39 is 27.6 Å². The minimum Gasteiger partial charge on any atom is -0.460 e. The standard InChI is InChI=1S/C28H36O7/c1-13(17-12-24(2)27(5,35-24)23(31)33-17)14-8-9-15-20-16(11-19(30)25(14,15)3)26(4)18(29)7-6-10-28(26,32)22-21(20)34-22/h6-7,13-17,20-22,32H,8-12H2,1-5H3/t13-,14+,15-,16-,17+,20-,21-,22-,24-,25+,26-,27+,28-/m0/s1. The third-order valence-electron chi connectivity index (χ3n) is 12.3. The van der Waals surface area contributed by atoms with Gasteiger partial charge < -0.3 is 19.3 Å². The van der Waals surface area contributed by atoms with Crippen LogP contribution in [0.15, 0.2) is 12.2 Å². The summed E-state index contributed by atoms with van der Waals surface area (Å²) < 4.78 is 17.9. The van der Waals surface area contributed by atoms with E-state index >= 15 is 0 Å². The number of fused-ring (bicyclic) bond motifs is 9. The van der Waals surface area contributed by atoms with Crippen molar-refractivity contribution in [1.82, 2.24) is 0 Å². The number of carbonyl (C=O) groups is 3. The lowest BCUT2D eigenvalue weighted by molar-refractivity contribution is -0.185. The van der Waals surface area contributed by atoms with Gasteiger partial charge in [0.25, 0.3) is 0 Å². The maximum Gasteiger partial charge on any atom is 0.341 e. The van der Waals surface area contributed by atoms with Gasteiger partial charge in [0.15, 0.2) is 11.4 Å². The molecule has 3 saturated carbocycles. The Labute approximate surface area is 205 Å². The van der Waals surface area contributed by atoms with Gasteiger partial charge in [-0.2, -0.15) is 0 Å². The lowest BCUT2D eigenvalue weighted by Crippen LogP contribution is -2.68. The molecule has 3 saturated heterocycles. The zero-order valence-corrected chi connectivity index (χ0v) is 21.2. The summed E-state index contributed by atoms with van der Waals surface area (Å²) in [7, 11) is 0. The fourth-order valence-electron chi connectivity index (χ4n) is 9.74. The summed E-state index contributed by atoms with van der Waals surface area (Å²) in [6.07, 6.45) is 5.71. The summed E-state index contributed by atoms with van der Waals surface area (Å²) in [5.41, 5.74) is -4.14. The highest BCUT2D eigenvalue weighted by atomic mass is 16.7. The molecule has 4 aliphatic carbocycles. The topological polar surface area (TPSA) is 106 Å². The van der Waals surface area contributed by atoms with Crippen molar-refractivity contribution in [3.05, 3.63) is 12.2 Å². The Hall–Kier alpha value is -1.57. The SMILES string of the molecule is C[C@@H]([C@H]1CC[C@H]2[C@@H]3[C@@H]4O[C@@H]4[C@@]4(O)CC=CC(=O)[C@]4(C)[C@H]3CC(=O)[C@]12C)[C@H]1C[C@]2(C)O[C@]2(C)C(=O)O1. The molecule has 1 N–H and O–H groups in total. The van der Waals surface area contributed by atoms with E-state index in [1.54, 1.807) is 19.1 Å². The van der Waals surface area contributed by atoms with Gasteiger partial charge in [0.1, 0.15) is 29.2 Å². The van der Waals surface area contributed by atoms with Crippen LogP contribution in [0.3, 0.4) is 0 Å². The molecule has 3 heterocycles. The third kappa shape index (κ3) is 2.33. The Morgan fingerprint density at radius 1 is 1.09 bits per heavy atom. The molecule has 0 aromatic rings. The van der Waals surface area contributed by atoms with Gasteiger partial charge in [-0.25, -0.2) is 4.79 Å². The molecule has 0 amide bonds. The first kappa shape index (κ1) is 22.6. The molecule has 0 radical (unpaired) electrons. The molecule has 7 rings (SSSR count). The van der Waals surface area contributed by atoms with Crippen molar-refractivity contribution in [2.45, 2.75) is 102 Å². The summed E-state index contributed by atoms with van der Waals surface area (Å²) in [6.45, 7) is 9.88. The zero-order chi connectivity index (χ0) is 24.9. The van der Waals surface area contributed by atoms with Crippen molar-refractivity contribution in [2.75, 3.05) is 0 Å². The van der Waals surface area contributed by atoms with Crippen LogP contribution in [0.2, 0.25) is 0 Å². The highest BCUT2D eigenvalue weighted by Gasteiger charge is 2.79. The van der Waals surface area contributed by atoms with Gasteiger partial charge in [0.05, 0.1) is 11.5 Å². The molecule has 35 heavy (non-hydrogen) atoms. The second-order valence-electron chi connectivity index (χ2n) is 13.4. The number of epoxide rings is 2. The molecule has 0 aromatic carbocycles. The van der Waals surface area contributed by atoms with Crippen molar-refractivity contribution in [1.29, 1.82) is 0 Å². The first-order valence-electron chi connectivity index (χ1n) is 13.4. The Kier molecular flexibility index (Phi) is 4.06. The number of ketones is 2. The van der Waals surface area contributed by atoms with Crippen molar-refractivity contribution < 1.29 is 33.7 Å². The fraction of sp³-hybridized carbons (Fsp3) is 0.821. The molecule has 6 fully saturated rings. The van der Waals surface area contributed by atoms with Crippen LogP contribution in [0.5, 0.6) is 0 Å². The van der Waals surface area contributed by atoms with Crippen LogP contribution in [0.1, 0.15) is 66.7 Å². The van der Waals surface area contributed by atoms with Gasteiger partial charge in [-0.3, -0.25) is 9.59 Å². The lowest BCUT2D eigenvalue weighted by Gasteiger charge is -2.59. The number of esters is 1. The molecule has 7 heteroatoms. The Morgan fingerprint density at radius 3 is 2.54 bits per heavy atom. The number of cyclic esters (lactones) is 1. The normalized spacial score (nSPS) is 60.5. The number of hydrogen-bond donors (Lipinski definition) is 1. The molecule has 190 valence electrons. The summed E-state index contributed by atoms with van der Waals surface area (Å²) >= 11 is 0. The maximum atomic E-state index is 14.1. The van der Waals surface area contributed by atoms with Crippen LogP contribution < -0.4 is 0 Å². The molecule has 0 unspecified atom stereocenters. The molecular formula is C28H36O7. The van der Waals surface area contributed by atoms with E-state index in [0.717, 1.165) is 12.8 Å². The average Bonchev–Trinajstić information content (AvgIpc) is 3.66. The Bertz CT molecular complexity index is 1100. The monoisotopic (exact) mass is 484 g/mol. The van der Waals surface area contributed by atoms with Crippen molar-refractivity contribution in [3.63, 3.8) is 0 Å². The van der Waals surface area contributed by atoms with E-state index in [-0.39, 0.29) is 71.9 Å². The molecule has 0 bridgehead atoms. The molecule has 13 atom stereocenters. The van der Waals surface area contributed by atoms with Gasteiger partial charge in [0.2, 0.25) is 0 Å². The van der Waals surface area contributed by atoms with Crippen molar-refractivity contribution >= 4 is 17.5 Å². The summed E-state index contributed by atoms with van der Waals surface area (Å²) in [5, 5.41) is 11.7. The van der Waals surface area contributed by atoms with E-state index in [1.165, 1.54) is 0 Å². The van der Waals surface area contributed by atoms with Gasteiger partial charge in [0, 0.05) is 18.3 Å². The fourth-order valence-corrected chi connectivity index (χ4v) is 9.74. The predicted molar refractivity (Wildman–Crippen MR) is 123 cm³/mol. The second kappa shape index (κ2) is 6.28. The summed E-state index contributed by atoms with van der Waals surface area (Å²) in [5.74, 6) is -0.149. The highest BCUT2D eigenvalue weighted by Crippen LogP contribution is 2.71. The molecule has 0 aromatic heterocycles. The highest BCUT2D eigenvalue weighted by molar-refractivity contribution is 5.98. The minimum atomic E-state index is -1.24. The first-order chi connectivity index (χ1) is 16.3. The molecular weight excluding hydrogens is 448 g/mol. The molecule has 7 aliphatic rings. The predicted octanol–water partition coefficient (Wildman–Crippen LogP) is 2.77. The number of carbonyl (C=O) groups excluding carboxylic acids is 3. The van der Waals surface area contributed by atoms with Crippen molar-refractivity contribution in [2.24, 2.45) is 40.4 Å². The van der Waals surface area contributed by atoms with E-state index in [1.807, 2.05) is 13.8 Å². The number of rotatable bonds is 2.